The Labute approximate surface area is 119 Å². The third-order valence-corrected chi connectivity index (χ3v) is 4.25. The van der Waals surface area contributed by atoms with Crippen LogP contribution in [-0.2, 0) is 14.3 Å². The quantitative estimate of drug-likeness (QED) is 0.798. The molecular formula is C13H24N2O3S. The molecule has 0 aromatic carbocycles. The Bertz CT molecular complexity index is 325. The maximum absolute atomic E-state index is 12.2. The zero-order valence-corrected chi connectivity index (χ0v) is 13.0. The summed E-state index contributed by atoms with van der Waals surface area (Å²) >= 11 is 1.61. The lowest BCUT2D eigenvalue weighted by Gasteiger charge is -2.26. The molecule has 0 aromatic rings. The molecule has 0 saturated carbocycles. The fourth-order valence-electron chi connectivity index (χ4n) is 1.87. The summed E-state index contributed by atoms with van der Waals surface area (Å²) in [6, 6.07) is -0.228. The van der Waals surface area contributed by atoms with Crippen LogP contribution in [0.25, 0.3) is 0 Å². The highest BCUT2D eigenvalue weighted by molar-refractivity contribution is 7.99. The van der Waals surface area contributed by atoms with Gasteiger partial charge in [0.25, 0.3) is 5.91 Å². The molecule has 3 atom stereocenters. The van der Waals surface area contributed by atoms with Gasteiger partial charge in [0.1, 0.15) is 12.1 Å². The number of hydrogen-bond acceptors (Lipinski definition) is 4. The summed E-state index contributed by atoms with van der Waals surface area (Å²) in [5, 5.41) is 2.94. The van der Waals surface area contributed by atoms with Gasteiger partial charge in [0.15, 0.2) is 0 Å². The van der Waals surface area contributed by atoms with Crippen LogP contribution in [0.3, 0.4) is 0 Å². The largest absolute Gasteiger partial charge is 0.369 e. The van der Waals surface area contributed by atoms with Crippen molar-refractivity contribution in [3.63, 3.8) is 0 Å². The van der Waals surface area contributed by atoms with Crippen LogP contribution in [0.2, 0.25) is 0 Å². The summed E-state index contributed by atoms with van der Waals surface area (Å²) < 4.78 is 5.31. The molecule has 0 spiro atoms. The molecular weight excluding hydrogens is 264 g/mol. The van der Waals surface area contributed by atoms with Crippen molar-refractivity contribution in [1.29, 1.82) is 0 Å². The molecule has 1 aliphatic rings. The van der Waals surface area contributed by atoms with E-state index >= 15 is 0 Å². The second-order valence-electron chi connectivity index (χ2n) is 4.74. The van der Waals surface area contributed by atoms with E-state index in [1.165, 1.54) is 0 Å². The Morgan fingerprint density at radius 3 is 2.68 bits per heavy atom. The first kappa shape index (κ1) is 16.3. The van der Waals surface area contributed by atoms with Crippen molar-refractivity contribution in [2.24, 2.45) is 0 Å². The second-order valence-corrected chi connectivity index (χ2v) is 5.74. The Morgan fingerprint density at radius 2 is 2.11 bits per heavy atom. The Kier molecular flexibility index (Phi) is 6.65. The van der Waals surface area contributed by atoms with Gasteiger partial charge >= 0.3 is 0 Å². The SMILES string of the molecule is CCOC(C)C(=O)N1CSCC1C(=O)NC(C)CC. The summed E-state index contributed by atoms with van der Waals surface area (Å²) in [7, 11) is 0. The molecule has 1 heterocycles. The predicted octanol–water partition coefficient (Wildman–Crippen LogP) is 1.23. The zero-order valence-electron chi connectivity index (χ0n) is 12.1. The number of amides is 2. The summed E-state index contributed by atoms with van der Waals surface area (Å²) in [5.74, 6) is 1.06. The Hall–Kier alpha value is -0.750. The lowest BCUT2D eigenvalue weighted by atomic mass is 10.2. The van der Waals surface area contributed by atoms with Gasteiger partial charge in [-0.25, -0.2) is 0 Å². The van der Waals surface area contributed by atoms with Crippen LogP contribution in [0.5, 0.6) is 0 Å². The molecule has 19 heavy (non-hydrogen) atoms. The molecule has 5 nitrogen and oxygen atoms in total. The predicted molar refractivity (Wildman–Crippen MR) is 76.9 cm³/mol. The van der Waals surface area contributed by atoms with Crippen LogP contribution in [-0.4, -0.2) is 53.1 Å². The van der Waals surface area contributed by atoms with Gasteiger partial charge in [0, 0.05) is 18.4 Å². The normalized spacial score (nSPS) is 22.1. The molecule has 2 amide bonds. The number of hydrogen-bond donors (Lipinski definition) is 1. The average molecular weight is 288 g/mol. The van der Waals surface area contributed by atoms with Gasteiger partial charge in [-0.1, -0.05) is 6.92 Å². The van der Waals surface area contributed by atoms with E-state index in [4.69, 9.17) is 4.74 Å². The van der Waals surface area contributed by atoms with E-state index in [1.54, 1.807) is 23.6 Å². The van der Waals surface area contributed by atoms with Crippen LogP contribution in [0, 0.1) is 0 Å². The Balaban J connectivity index is 2.63. The molecule has 6 heteroatoms. The molecule has 1 aliphatic heterocycles. The van der Waals surface area contributed by atoms with Crippen LogP contribution in [0.15, 0.2) is 0 Å². The van der Waals surface area contributed by atoms with Crippen molar-refractivity contribution in [3.8, 4) is 0 Å². The van der Waals surface area contributed by atoms with Crippen molar-refractivity contribution < 1.29 is 14.3 Å². The van der Waals surface area contributed by atoms with Gasteiger partial charge in [-0.15, -0.1) is 11.8 Å². The number of carbonyl (C=O) groups excluding carboxylic acids is 2. The summed E-state index contributed by atoms with van der Waals surface area (Å²) in [6.45, 7) is 8.08. The third-order valence-electron chi connectivity index (χ3n) is 3.23. The van der Waals surface area contributed by atoms with Crippen LogP contribution in [0.1, 0.15) is 34.1 Å². The molecule has 0 aromatic heterocycles. The first-order chi connectivity index (χ1) is 9.01. The van der Waals surface area contributed by atoms with E-state index in [9.17, 15) is 9.59 Å². The van der Waals surface area contributed by atoms with Gasteiger partial charge in [-0.3, -0.25) is 9.59 Å². The second kappa shape index (κ2) is 7.75. The number of rotatable bonds is 6. The Morgan fingerprint density at radius 1 is 1.42 bits per heavy atom. The summed E-state index contributed by atoms with van der Waals surface area (Å²) in [5.41, 5.74) is 0. The van der Waals surface area contributed by atoms with E-state index in [0.717, 1.165) is 6.42 Å². The number of nitrogens with one attached hydrogen (secondary N) is 1. The van der Waals surface area contributed by atoms with Gasteiger partial charge in [-0.05, 0) is 27.2 Å². The number of thioether (sulfide) groups is 1. The molecule has 1 N–H and O–H groups in total. The van der Waals surface area contributed by atoms with E-state index in [0.29, 0.717) is 18.2 Å². The topological polar surface area (TPSA) is 58.6 Å². The van der Waals surface area contributed by atoms with Crippen LogP contribution < -0.4 is 5.32 Å². The molecule has 0 radical (unpaired) electrons. The van der Waals surface area contributed by atoms with E-state index in [-0.39, 0.29) is 23.9 Å². The molecule has 3 unspecified atom stereocenters. The van der Waals surface area contributed by atoms with Crippen molar-refractivity contribution in [2.45, 2.75) is 52.3 Å². The maximum atomic E-state index is 12.2. The fraction of sp³-hybridized carbons (Fsp3) is 0.846. The van der Waals surface area contributed by atoms with Crippen LogP contribution in [0.4, 0.5) is 0 Å². The van der Waals surface area contributed by atoms with Gasteiger partial charge < -0.3 is 15.0 Å². The first-order valence-electron chi connectivity index (χ1n) is 6.81. The highest BCUT2D eigenvalue weighted by Gasteiger charge is 2.36. The van der Waals surface area contributed by atoms with Crippen LogP contribution >= 0.6 is 11.8 Å². The number of nitrogens with zero attached hydrogens (tertiary/aromatic N) is 1. The van der Waals surface area contributed by atoms with Gasteiger partial charge in [0.05, 0.1) is 5.88 Å². The molecule has 110 valence electrons. The molecule has 0 bridgehead atoms. The van der Waals surface area contributed by atoms with Crippen molar-refractivity contribution in [1.82, 2.24) is 10.2 Å². The van der Waals surface area contributed by atoms with E-state index < -0.39 is 6.10 Å². The highest BCUT2D eigenvalue weighted by Crippen LogP contribution is 2.22. The molecule has 1 fully saturated rings. The fourth-order valence-corrected chi connectivity index (χ4v) is 3.04. The highest BCUT2D eigenvalue weighted by atomic mass is 32.2. The summed E-state index contributed by atoms with van der Waals surface area (Å²) in [6.07, 6.45) is 0.400. The third kappa shape index (κ3) is 4.38. The van der Waals surface area contributed by atoms with Crippen molar-refractivity contribution in [3.05, 3.63) is 0 Å². The molecule has 1 saturated heterocycles. The lowest BCUT2D eigenvalue weighted by molar-refractivity contribution is -0.146. The lowest BCUT2D eigenvalue weighted by Crippen LogP contribution is -2.51. The first-order valence-corrected chi connectivity index (χ1v) is 7.96. The van der Waals surface area contributed by atoms with E-state index in [1.807, 2.05) is 20.8 Å². The minimum atomic E-state index is -0.484. The smallest absolute Gasteiger partial charge is 0.252 e. The van der Waals surface area contributed by atoms with Gasteiger partial charge in [-0.2, -0.15) is 0 Å². The monoisotopic (exact) mass is 288 g/mol. The number of ether oxygens (including phenoxy) is 1. The molecule has 1 rings (SSSR count). The van der Waals surface area contributed by atoms with Crippen molar-refractivity contribution >= 4 is 23.6 Å². The van der Waals surface area contributed by atoms with Gasteiger partial charge in [0.2, 0.25) is 5.91 Å². The van der Waals surface area contributed by atoms with E-state index in [2.05, 4.69) is 5.32 Å². The van der Waals surface area contributed by atoms with Crippen molar-refractivity contribution in [2.75, 3.05) is 18.2 Å². The zero-order chi connectivity index (χ0) is 14.4. The molecule has 0 aliphatic carbocycles. The maximum Gasteiger partial charge on any atom is 0.252 e. The number of carbonyl (C=O) groups is 2. The minimum absolute atomic E-state index is 0.0589. The summed E-state index contributed by atoms with van der Waals surface area (Å²) in [4.78, 5) is 26.0. The average Bonchev–Trinajstić information content (AvgIpc) is 2.87. The standard InChI is InChI=1S/C13H24N2O3S/c1-5-9(3)14-12(16)11-7-19-8-15(11)13(17)10(4)18-6-2/h9-11H,5-8H2,1-4H3,(H,14,16). The minimum Gasteiger partial charge on any atom is -0.369 e.